The summed E-state index contributed by atoms with van der Waals surface area (Å²) in [5.74, 6) is 0.923. The van der Waals surface area contributed by atoms with E-state index < -0.39 is 0 Å². The first-order valence-electron chi connectivity index (χ1n) is 8.33. The SMILES string of the molecule is CCNC(CN1CCC(N(C)C)C1)C1CCCCC1. The minimum Gasteiger partial charge on any atom is -0.313 e. The third kappa shape index (κ3) is 4.44. The van der Waals surface area contributed by atoms with Gasteiger partial charge in [-0.2, -0.15) is 0 Å². The zero-order chi connectivity index (χ0) is 13.7. The van der Waals surface area contributed by atoms with Crippen LogP contribution in [0.5, 0.6) is 0 Å². The second-order valence-electron chi connectivity index (χ2n) is 6.73. The molecule has 3 nitrogen and oxygen atoms in total. The maximum absolute atomic E-state index is 3.77. The summed E-state index contributed by atoms with van der Waals surface area (Å²) in [5.41, 5.74) is 0. The monoisotopic (exact) mass is 267 g/mol. The van der Waals surface area contributed by atoms with Crippen LogP contribution in [-0.2, 0) is 0 Å². The number of hydrogen-bond donors (Lipinski definition) is 1. The highest BCUT2D eigenvalue weighted by Gasteiger charge is 2.29. The Labute approximate surface area is 119 Å². The molecule has 1 heterocycles. The quantitative estimate of drug-likeness (QED) is 0.796. The first-order valence-corrected chi connectivity index (χ1v) is 8.33. The summed E-state index contributed by atoms with van der Waals surface area (Å²) in [6.07, 6.45) is 8.60. The maximum Gasteiger partial charge on any atom is 0.0229 e. The van der Waals surface area contributed by atoms with Crippen molar-refractivity contribution < 1.29 is 0 Å². The van der Waals surface area contributed by atoms with Gasteiger partial charge in [0, 0.05) is 25.2 Å². The van der Waals surface area contributed by atoms with E-state index in [9.17, 15) is 0 Å². The van der Waals surface area contributed by atoms with Gasteiger partial charge < -0.3 is 15.1 Å². The summed E-state index contributed by atoms with van der Waals surface area (Å²) in [4.78, 5) is 5.08. The number of likely N-dealkylation sites (N-methyl/N-ethyl adjacent to an activating group) is 2. The highest BCUT2D eigenvalue weighted by molar-refractivity contribution is 4.87. The van der Waals surface area contributed by atoms with Crippen LogP contribution in [0.25, 0.3) is 0 Å². The fraction of sp³-hybridized carbons (Fsp3) is 1.00. The molecule has 0 amide bonds. The second kappa shape index (κ2) is 7.61. The van der Waals surface area contributed by atoms with Crippen molar-refractivity contribution in [3.05, 3.63) is 0 Å². The molecule has 2 aliphatic rings. The molecule has 0 aromatic rings. The normalized spacial score (nSPS) is 28.1. The van der Waals surface area contributed by atoms with Gasteiger partial charge in [0.1, 0.15) is 0 Å². The van der Waals surface area contributed by atoms with E-state index in [0.29, 0.717) is 0 Å². The van der Waals surface area contributed by atoms with Crippen LogP contribution in [0.3, 0.4) is 0 Å². The van der Waals surface area contributed by atoms with Gasteiger partial charge in [-0.05, 0) is 52.4 Å². The lowest BCUT2D eigenvalue weighted by Gasteiger charge is -2.34. The zero-order valence-electron chi connectivity index (χ0n) is 13.2. The Morgan fingerprint density at radius 3 is 2.47 bits per heavy atom. The molecule has 112 valence electrons. The van der Waals surface area contributed by atoms with Crippen LogP contribution in [0.4, 0.5) is 0 Å². The van der Waals surface area contributed by atoms with Gasteiger partial charge in [0.2, 0.25) is 0 Å². The van der Waals surface area contributed by atoms with Gasteiger partial charge in [-0.1, -0.05) is 26.2 Å². The van der Waals surface area contributed by atoms with Crippen molar-refractivity contribution in [2.75, 3.05) is 40.3 Å². The van der Waals surface area contributed by atoms with Crippen LogP contribution < -0.4 is 5.32 Å². The zero-order valence-corrected chi connectivity index (χ0v) is 13.2. The minimum atomic E-state index is 0.728. The van der Waals surface area contributed by atoms with Crippen molar-refractivity contribution in [1.82, 2.24) is 15.1 Å². The maximum atomic E-state index is 3.77. The van der Waals surface area contributed by atoms with Crippen molar-refractivity contribution in [3.8, 4) is 0 Å². The van der Waals surface area contributed by atoms with Gasteiger partial charge in [0.25, 0.3) is 0 Å². The minimum absolute atomic E-state index is 0.728. The summed E-state index contributed by atoms with van der Waals surface area (Å²) in [6, 6.07) is 1.50. The van der Waals surface area contributed by atoms with Gasteiger partial charge in [-0.3, -0.25) is 0 Å². The molecule has 2 rings (SSSR count). The predicted molar refractivity (Wildman–Crippen MR) is 82.6 cm³/mol. The first kappa shape index (κ1) is 15.3. The lowest BCUT2D eigenvalue weighted by molar-refractivity contribution is 0.196. The van der Waals surface area contributed by atoms with Crippen LogP contribution in [0, 0.1) is 5.92 Å². The number of likely N-dealkylation sites (tertiary alicyclic amines) is 1. The van der Waals surface area contributed by atoms with E-state index in [1.165, 1.54) is 58.2 Å². The number of nitrogens with one attached hydrogen (secondary N) is 1. The molecule has 1 aliphatic heterocycles. The number of rotatable bonds is 6. The molecule has 0 aromatic heterocycles. The van der Waals surface area contributed by atoms with Crippen LogP contribution in [0.15, 0.2) is 0 Å². The largest absolute Gasteiger partial charge is 0.313 e. The van der Waals surface area contributed by atoms with E-state index in [1.54, 1.807) is 0 Å². The Bertz CT molecular complexity index is 248. The van der Waals surface area contributed by atoms with E-state index in [-0.39, 0.29) is 0 Å². The fourth-order valence-electron chi connectivity index (χ4n) is 3.86. The van der Waals surface area contributed by atoms with Crippen molar-refractivity contribution in [1.29, 1.82) is 0 Å². The van der Waals surface area contributed by atoms with Gasteiger partial charge in [-0.25, -0.2) is 0 Å². The van der Waals surface area contributed by atoms with Crippen LogP contribution >= 0.6 is 0 Å². The average Bonchev–Trinajstić information content (AvgIpc) is 2.88. The van der Waals surface area contributed by atoms with Gasteiger partial charge in [-0.15, -0.1) is 0 Å². The third-order valence-corrected chi connectivity index (χ3v) is 5.12. The van der Waals surface area contributed by atoms with E-state index >= 15 is 0 Å². The molecule has 19 heavy (non-hydrogen) atoms. The number of nitrogens with zero attached hydrogens (tertiary/aromatic N) is 2. The molecule has 2 fully saturated rings. The molecule has 1 saturated carbocycles. The molecule has 0 spiro atoms. The van der Waals surface area contributed by atoms with Crippen molar-refractivity contribution in [3.63, 3.8) is 0 Å². The molecule has 1 aliphatic carbocycles. The molecule has 3 heteroatoms. The smallest absolute Gasteiger partial charge is 0.0229 e. The van der Waals surface area contributed by atoms with E-state index in [1.807, 2.05) is 0 Å². The highest BCUT2D eigenvalue weighted by atomic mass is 15.2. The van der Waals surface area contributed by atoms with E-state index in [2.05, 4.69) is 36.1 Å². The Kier molecular flexibility index (Phi) is 6.11. The molecule has 2 atom stereocenters. The van der Waals surface area contributed by atoms with Gasteiger partial charge >= 0.3 is 0 Å². The Morgan fingerprint density at radius 2 is 1.89 bits per heavy atom. The predicted octanol–water partition coefficient (Wildman–Crippen LogP) is 2.18. The Morgan fingerprint density at radius 1 is 1.16 bits per heavy atom. The fourth-order valence-corrected chi connectivity index (χ4v) is 3.86. The second-order valence-corrected chi connectivity index (χ2v) is 6.73. The first-order chi connectivity index (χ1) is 9.20. The molecular weight excluding hydrogens is 234 g/mol. The van der Waals surface area contributed by atoms with Gasteiger partial charge in [0.05, 0.1) is 0 Å². The topological polar surface area (TPSA) is 18.5 Å². The summed E-state index contributed by atoms with van der Waals surface area (Å²) < 4.78 is 0. The Balaban J connectivity index is 1.82. The van der Waals surface area contributed by atoms with Crippen molar-refractivity contribution in [2.45, 2.75) is 57.5 Å². The number of hydrogen-bond acceptors (Lipinski definition) is 3. The molecule has 0 aromatic carbocycles. The van der Waals surface area contributed by atoms with E-state index in [0.717, 1.165) is 24.5 Å². The molecule has 0 radical (unpaired) electrons. The average molecular weight is 267 g/mol. The summed E-state index contributed by atoms with van der Waals surface area (Å²) >= 11 is 0. The summed E-state index contributed by atoms with van der Waals surface area (Å²) in [6.45, 7) is 7.19. The third-order valence-electron chi connectivity index (χ3n) is 5.12. The van der Waals surface area contributed by atoms with Gasteiger partial charge in [0.15, 0.2) is 0 Å². The lowest BCUT2D eigenvalue weighted by atomic mass is 9.83. The van der Waals surface area contributed by atoms with Crippen molar-refractivity contribution >= 4 is 0 Å². The summed E-state index contributed by atoms with van der Waals surface area (Å²) in [7, 11) is 4.44. The lowest BCUT2D eigenvalue weighted by Crippen LogP contribution is -2.46. The summed E-state index contributed by atoms with van der Waals surface area (Å²) in [5, 5.41) is 3.77. The van der Waals surface area contributed by atoms with Crippen molar-refractivity contribution in [2.24, 2.45) is 5.92 Å². The van der Waals surface area contributed by atoms with Crippen LogP contribution in [-0.4, -0.2) is 62.2 Å². The highest BCUT2D eigenvalue weighted by Crippen LogP contribution is 2.27. The Hall–Kier alpha value is -0.120. The van der Waals surface area contributed by atoms with E-state index in [4.69, 9.17) is 0 Å². The standard InChI is InChI=1S/C16H33N3/c1-4-17-16(14-8-6-5-7-9-14)13-19-11-10-15(12-19)18(2)3/h14-17H,4-13H2,1-3H3. The molecule has 1 saturated heterocycles. The molecule has 0 bridgehead atoms. The molecule has 2 unspecified atom stereocenters. The van der Waals surface area contributed by atoms with Crippen LogP contribution in [0.2, 0.25) is 0 Å². The van der Waals surface area contributed by atoms with Crippen LogP contribution in [0.1, 0.15) is 45.4 Å². The molecule has 1 N–H and O–H groups in total. The molecular formula is C16H33N3.